The summed E-state index contributed by atoms with van der Waals surface area (Å²) in [6.45, 7) is 2.82. The summed E-state index contributed by atoms with van der Waals surface area (Å²) in [6, 6.07) is 8.28. The van der Waals surface area contributed by atoms with Crippen LogP contribution in [0.3, 0.4) is 0 Å². The molecule has 1 heterocycles. The van der Waals surface area contributed by atoms with Crippen molar-refractivity contribution < 1.29 is 21.6 Å². The van der Waals surface area contributed by atoms with Gasteiger partial charge in [0.25, 0.3) is 0 Å². The number of nitriles is 1. The third-order valence-corrected chi connectivity index (χ3v) is 2.54. The van der Waals surface area contributed by atoms with Gasteiger partial charge < -0.3 is 17.0 Å². The second-order valence-corrected chi connectivity index (χ2v) is 3.24. The Bertz CT molecular complexity index is 416. The zero-order valence-electron chi connectivity index (χ0n) is 8.00. The molecule has 0 radical (unpaired) electrons. The summed E-state index contributed by atoms with van der Waals surface area (Å²) in [7, 11) is 0. The Kier molecular flexibility index (Phi) is 3.43. The third-order valence-electron chi connectivity index (χ3n) is 2.54. The van der Waals surface area contributed by atoms with E-state index < -0.39 is 0 Å². The molecule has 0 amide bonds. The highest BCUT2D eigenvalue weighted by molar-refractivity contribution is 5.97. The Morgan fingerprint density at radius 2 is 2.07 bits per heavy atom. The summed E-state index contributed by atoms with van der Waals surface area (Å²) in [5, 5.41) is 8.84. The Balaban J connectivity index is 0.000000980. The van der Waals surface area contributed by atoms with Gasteiger partial charge in [0.1, 0.15) is 12.3 Å². The van der Waals surface area contributed by atoms with Gasteiger partial charge >= 0.3 is 6.19 Å². The van der Waals surface area contributed by atoms with Gasteiger partial charge in [-0.3, -0.25) is 0 Å². The third kappa shape index (κ3) is 1.71. The minimum atomic E-state index is 0. The van der Waals surface area contributed by atoms with E-state index in [4.69, 9.17) is 5.26 Å². The van der Waals surface area contributed by atoms with Gasteiger partial charge in [-0.1, -0.05) is 24.3 Å². The molecule has 72 valence electrons. The SMILES string of the molecule is CC1=[N+](C#N)CCc2ccccc21.[Br-]. The Morgan fingerprint density at radius 1 is 1.36 bits per heavy atom. The summed E-state index contributed by atoms with van der Waals surface area (Å²) < 4.78 is 1.75. The van der Waals surface area contributed by atoms with Crippen molar-refractivity contribution in [2.45, 2.75) is 13.3 Å². The fourth-order valence-corrected chi connectivity index (χ4v) is 1.76. The molecule has 1 aliphatic heterocycles. The zero-order valence-corrected chi connectivity index (χ0v) is 9.58. The average Bonchev–Trinajstić information content (AvgIpc) is 2.19. The molecule has 0 atom stereocenters. The predicted molar refractivity (Wildman–Crippen MR) is 50.7 cm³/mol. The first-order valence-corrected chi connectivity index (χ1v) is 4.42. The van der Waals surface area contributed by atoms with Crippen molar-refractivity contribution >= 4 is 5.71 Å². The van der Waals surface area contributed by atoms with E-state index >= 15 is 0 Å². The first-order chi connectivity index (χ1) is 6.33. The second-order valence-electron chi connectivity index (χ2n) is 3.24. The molecule has 14 heavy (non-hydrogen) atoms. The molecule has 1 aromatic carbocycles. The highest BCUT2D eigenvalue weighted by Crippen LogP contribution is 2.14. The van der Waals surface area contributed by atoms with Crippen LogP contribution in [0.5, 0.6) is 0 Å². The molecule has 2 nitrogen and oxygen atoms in total. The lowest BCUT2D eigenvalue weighted by Crippen LogP contribution is -3.00. The Morgan fingerprint density at radius 3 is 2.79 bits per heavy atom. The van der Waals surface area contributed by atoms with Gasteiger partial charge in [0.2, 0.25) is 0 Å². The van der Waals surface area contributed by atoms with E-state index in [9.17, 15) is 0 Å². The van der Waals surface area contributed by atoms with Gasteiger partial charge in [0.15, 0.2) is 5.26 Å². The number of nitrogens with zero attached hydrogens (tertiary/aromatic N) is 2. The topological polar surface area (TPSA) is 26.8 Å². The quantitative estimate of drug-likeness (QED) is 0.409. The van der Waals surface area contributed by atoms with Gasteiger partial charge in [0, 0.05) is 12.0 Å². The van der Waals surface area contributed by atoms with Crippen LogP contribution in [-0.2, 0) is 6.42 Å². The van der Waals surface area contributed by atoms with E-state index in [0.29, 0.717) is 0 Å². The maximum absolute atomic E-state index is 8.84. The molecule has 0 spiro atoms. The zero-order chi connectivity index (χ0) is 9.26. The van der Waals surface area contributed by atoms with Crippen LogP contribution in [0.1, 0.15) is 18.1 Å². The van der Waals surface area contributed by atoms with E-state index in [1.165, 1.54) is 11.1 Å². The molecule has 0 aliphatic carbocycles. The van der Waals surface area contributed by atoms with Crippen molar-refractivity contribution in [1.29, 1.82) is 5.26 Å². The van der Waals surface area contributed by atoms with Crippen LogP contribution in [0.15, 0.2) is 24.3 Å². The van der Waals surface area contributed by atoms with Crippen LogP contribution in [0.2, 0.25) is 0 Å². The minimum absolute atomic E-state index is 0. The summed E-state index contributed by atoms with van der Waals surface area (Å²) in [5.41, 5.74) is 3.64. The summed E-state index contributed by atoms with van der Waals surface area (Å²) in [5.74, 6) is 0. The molecule has 2 rings (SSSR count). The van der Waals surface area contributed by atoms with Crippen molar-refractivity contribution in [2.75, 3.05) is 6.54 Å². The number of rotatable bonds is 0. The van der Waals surface area contributed by atoms with Crippen LogP contribution in [0.25, 0.3) is 0 Å². The molecule has 0 fully saturated rings. The van der Waals surface area contributed by atoms with Crippen molar-refractivity contribution in [1.82, 2.24) is 0 Å². The monoisotopic (exact) mass is 250 g/mol. The Labute approximate surface area is 94.3 Å². The van der Waals surface area contributed by atoms with Gasteiger partial charge in [-0.15, -0.1) is 0 Å². The second kappa shape index (κ2) is 4.39. The van der Waals surface area contributed by atoms with Crippen LogP contribution < -0.4 is 17.0 Å². The van der Waals surface area contributed by atoms with Crippen molar-refractivity contribution in [3.63, 3.8) is 0 Å². The van der Waals surface area contributed by atoms with E-state index in [1.54, 1.807) is 4.58 Å². The number of halogens is 1. The fourth-order valence-electron chi connectivity index (χ4n) is 1.76. The molecule has 0 N–H and O–H groups in total. The van der Waals surface area contributed by atoms with Crippen LogP contribution >= 0.6 is 0 Å². The minimum Gasteiger partial charge on any atom is -1.00 e. The van der Waals surface area contributed by atoms with Crippen LogP contribution in [0, 0.1) is 11.5 Å². The summed E-state index contributed by atoms with van der Waals surface area (Å²) in [4.78, 5) is 0. The van der Waals surface area contributed by atoms with E-state index in [-0.39, 0.29) is 17.0 Å². The molecule has 1 aromatic rings. The standard InChI is InChI=1S/C11H11N2.BrH/c1-9-11-5-3-2-4-10(11)6-7-13(9)8-12;/h2-5H,6-7H2,1H3;1H/q+1;/p-1. The van der Waals surface area contributed by atoms with E-state index in [2.05, 4.69) is 18.3 Å². The molecule has 0 aromatic heterocycles. The molecule has 0 saturated heterocycles. The smallest absolute Gasteiger partial charge is 0.459 e. The number of hydrogen-bond acceptors (Lipinski definition) is 1. The molecule has 0 bridgehead atoms. The number of fused-ring (bicyclic) bond motifs is 1. The van der Waals surface area contributed by atoms with Crippen molar-refractivity contribution in [2.24, 2.45) is 0 Å². The molecular formula is C11H11BrN2. The van der Waals surface area contributed by atoms with Gasteiger partial charge in [-0.05, 0) is 12.5 Å². The largest absolute Gasteiger partial charge is 1.00 e. The maximum Gasteiger partial charge on any atom is 0.459 e. The molecule has 3 heteroatoms. The van der Waals surface area contributed by atoms with Gasteiger partial charge in [-0.2, -0.15) is 4.58 Å². The van der Waals surface area contributed by atoms with Gasteiger partial charge in [-0.25, -0.2) is 0 Å². The molecule has 0 unspecified atom stereocenters. The molecule has 0 saturated carbocycles. The lowest BCUT2D eigenvalue weighted by molar-refractivity contribution is -0.440. The average molecular weight is 251 g/mol. The van der Waals surface area contributed by atoms with E-state index in [1.807, 2.05) is 19.1 Å². The van der Waals surface area contributed by atoms with Crippen LogP contribution in [-0.4, -0.2) is 16.8 Å². The molecule has 1 aliphatic rings. The number of hydrogen-bond donors (Lipinski definition) is 0. The first kappa shape index (κ1) is 10.9. The summed E-state index contributed by atoms with van der Waals surface area (Å²) in [6.07, 6.45) is 3.16. The summed E-state index contributed by atoms with van der Waals surface area (Å²) >= 11 is 0. The van der Waals surface area contributed by atoms with Crippen molar-refractivity contribution in [3.05, 3.63) is 35.4 Å². The van der Waals surface area contributed by atoms with Crippen LogP contribution in [0.4, 0.5) is 0 Å². The van der Waals surface area contributed by atoms with Crippen molar-refractivity contribution in [3.8, 4) is 6.19 Å². The maximum atomic E-state index is 8.84. The highest BCUT2D eigenvalue weighted by atomic mass is 79.9. The fraction of sp³-hybridized carbons (Fsp3) is 0.273. The van der Waals surface area contributed by atoms with Gasteiger partial charge in [0.05, 0.1) is 0 Å². The lowest BCUT2D eigenvalue weighted by Gasteiger charge is -2.13. The highest BCUT2D eigenvalue weighted by Gasteiger charge is 2.18. The normalized spacial score (nSPS) is 14.0. The first-order valence-electron chi connectivity index (χ1n) is 4.42. The molecular weight excluding hydrogens is 240 g/mol. The Hall–Kier alpha value is -1.14. The van der Waals surface area contributed by atoms with E-state index in [0.717, 1.165) is 18.7 Å². The predicted octanol–water partition coefficient (Wildman–Crippen LogP) is -1.45. The number of benzene rings is 1. The lowest BCUT2D eigenvalue weighted by atomic mass is 9.98.